The van der Waals surface area contributed by atoms with Gasteiger partial charge in [-0.3, -0.25) is 4.79 Å². The molecule has 3 aromatic carbocycles. The topological polar surface area (TPSA) is 110 Å². The molecule has 6 heteroatoms. The van der Waals surface area contributed by atoms with E-state index >= 15 is 0 Å². The molecule has 0 aliphatic carbocycles. The number of aryl methyl sites for hydroxylation is 6. The number of carbonyl (C=O) groups is 2. The van der Waals surface area contributed by atoms with Gasteiger partial charge in [-0.2, -0.15) is 0 Å². The van der Waals surface area contributed by atoms with Crippen molar-refractivity contribution in [3.05, 3.63) is 99.1 Å². The van der Waals surface area contributed by atoms with E-state index in [0.717, 1.165) is 38.9 Å². The summed E-state index contributed by atoms with van der Waals surface area (Å²) >= 11 is 0. The van der Waals surface area contributed by atoms with Gasteiger partial charge in [0, 0.05) is 5.56 Å². The Bertz CT molecular complexity index is 1140. The Labute approximate surface area is 207 Å². The van der Waals surface area contributed by atoms with Crippen LogP contribution < -0.4 is 10.5 Å². The number of ketones is 1. The molecule has 0 spiro atoms. The molecule has 6 nitrogen and oxygen atoms in total. The zero-order chi connectivity index (χ0) is 26.3. The highest BCUT2D eigenvalue weighted by Crippen LogP contribution is 2.26. The van der Waals surface area contributed by atoms with Crippen molar-refractivity contribution in [3.63, 3.8) is 0 Å². The lowest BCUT2D eigenvalue weighted by Gasteiger charge is -2.16. The van der Waals surface area contributed by atoms with Crippen LogP contribution in [0.5, 0.6) is 5.75 Å². The molecule has 0 fully saturated rings. The summed E-state index contributed by atoms with van der Waals surface area (Å²) in [5.41, 5.74) is 12.1. The van der Waals surface area contributed by atoms with Crippen molar-refractivity contribution in [3.8, 4) is 5.75 Å². The van der Waals surface area contributed by atoms with E-state index in [-0.39, 0.29) is 6.61 Å². The van der Waals surface area contributed by atoms with Gasteiger partial charge >= 0.3 is 5.97 Å². The Balaban J connectivity index is 0.000000303. The largest absolute Gasteiger partial charge is 0.420 e. The number of esters is 1. The summed E-state index contributed by atoms with van der Waals surface area (Å²) in [6, 6.07) is 16.1. The Morgan fingerprint density at radius 1 is 0.829 bits per heavy atom. The first-order valence-electron chi connectivity index (χ1n) is 11.5. The first kappa shape index (κ1) is 27.9. The van der Waals surface area contributed by atoms with Crippen LogP contribution >= 0.6 is 0 Å². The third-order valence-corrected chi connectivity index (χ3v) is 5.65. The van der Waals surface area contributed by atoms with Gasteiger partial charge in [0.05, 0.1) is 18.8 Å². The first-order chi connectivity index (χ1) is 16.5. The molecule has 3 aromatic rings. The molecule has 0 heterocycles. The molecule has 0 radical (unpaired) electrons. The highest BCUT2D eigenvalue weighted by Gasteiger charge is 2.24. The van der Waals surface area contributed by atoms with Crippen LogP contribution in [0.25, 0.3) is 0 Å². The van der Waals surface area contributed by atoms with Crippen molar-refractivity contribution in [2.45, 2.75) is 53.7 Å². The van der Waals surface area contributed by atoms with E-state index in [1.807, 2.05) is 84.0 Å². The molecule has 0 aliphatic heterocycles. The summed E-state index contributed by atoms with van der Waals surface area (Å²) in [5, 5.41) is 18.2. The normalized spacial score (nSPS) is 12.3. The molecule has 0 saturated carbocycles. The monoisotopic (exact) mass is 477 g/mol. The van der Waals surface area contributed by atoms with Crippen LogP contribution in [0.3, 0.4) is 0 Å². The van der Waals surface area contributed by atoms with E-state index in [9.17, 15) is 14.7 Å². The summed E-state index contributed by atoms with van der Waals surface area (Å²) in [5.74, 6) is -0.967. The molecular formula is C29H35NO5. The summed E-state index contributed by atoms with van der Waals surface area (Å²) in [6.45, 7) is 11.1. The predicted octanol–water partition coefficient (Wildman–Crippen LogP) is 4.37. The van der Waals surface area contributed by atoms with Gasteiger partial charge in [0.2, 0.25) is 0 Å². The molecule has 0 amide bonds. The average molecular weight is 478 g/mol. The molecule has 0 saturated heterocycles. The maximum atomic E-state index is 12.5. The van der Waals surface area contributed by atoms with Crippen LogP contribution in [-0.2, 0) is 4.79 Å². The molecule has 2 unspecified atom stereocenters. The third kappa shape index (κ3) is 7.33. The van der Waals surface area contributed by atoms with Gasteiger partial charge in [-0.15, -0.1) is 0 Å². The fourth-order valence-electron chi connectivity index (χ4n) is 4.10. The van der Waals surface area contributed by atoms with Crippen LogP contribution in [0, 0.1) is 41.5 Å². The number of Topliss-reactive ketones (excluding diaryl/α,β-unsaturated/α-hetero) is 1. The second-order valence-corrected chi connectivity index (χ2v) is 8.92. The fraction of sp³-hybridized carbons (Fsp3) is 0.310. The third-order valence-electron chi connectivity index (χ3n) is 5.65. The number of nitrogens with two attached hydrogens (primary N) is 1. The molecule has 3 rings (SSSR count). The molecule has 186 valence electrons. The number of aliphatic hydroxyl groups excluding tert-OH is 2. The minimum Gasteiger partial charge on any atom is -0.420 e. The van der Waals surface area contributed by atoms with Gasteiger partial charge in [-0.1, -0.05) is 65.7 Å². The zero-order valence-electron chi connectivity index (χ0n) is 21.3. The van der Waals surface area contributed by atoms with Crippen LogP contribution in [0.2, 0.25) is 0 Å². The van der Waals surface area contributed by atoms with Gasteiger partial charge in [0.1, 0.15) is 5.75 Å². The smallest absolute Gasteiger partial charge is 0.385 e. The van der Waals surface area contributed by atoms with Gasteiger partial charge in [-0.05, 0) is 69.4 Å². The molecule has 4 N–H and O–H groups in total. The predicted molar refractivity (Wildman–Crippen MR) is 138 cm³/mol. The summed E-state index contributed by atoms with van der Waals surface area (Å²) in [4.78, 5) is 24.8. The Kier molecular flexibility index (Phi) is 9.89. The van der Waals surface area contributed by atoms with Crippen LogP contribution in [0.15, 0.2) is 54.6 Å². The second kappa shape index (κ2) is 12.4. The van der Waals surface area contributed by atoms with Crippen molar-refractivity contribution in [1.82, 2.24) is 0 Å². The number of hydrogen-bond donors (Lipinski definition) is 3. The lowest BCUT2D eigenvalue weighted by molar-refractivity contribution is -0.129. The number of benzene rings is 3. The van der Waals surface area contributed by atoms with E-state index < -0.39 is 23.9 Å². The maximum Gasteiger partial charge on any atom is 0.385 e. The Morgan fingerprint density at radius 3 is 1.74 bits per heavy atom. The summed E-state index contributed by atoms with van der Waals surface area (Å²) in [7, 11) is 0. The van der Waals surface area contributed by atoms with Gasteiger partial charge in [0.25, 0.3) is 5.78 Å². The van der Waals surface area contributed by atoms with Crippen molar-refractivity contribution in [1.29, 1.82) is 0 Å². The maximum absolute atomic E-state index is 12.5. The lowest BCUT2D eigenvalue weighted by Crippen LogP contribution is -2.31. The molecule has 0 aromatic heterocycles. The highest BCUT2D eigenvalue weighted by molar-refractivity contribution is 6.41. The molecule has 35 heavy (non-hydrogen) atoms. The first-order valence-corrected chi connectivity index (χ1v) is 11.5. The number of hydrogen-bond acceptors (Lipinski definition) is 6. The van der Waals surface area contributed by atoms with E-state index in [1.165, 1.54) is 0 Å². The standard InChI is InChI=1S/C20H22O3.C9H13NO2/c1-11-7-13(3)17(14(4)8-11)18(21)20(22)23-19-15(5)9-12(2)10-16(19)6;10-8(6-11)9(12)7-4-2-1-3-5-7/h7-10H,1-6H3;1-5,8-9,11-12H,6,10H2. The van der Waals surface area contributed by atoms with Crippen LogP contribution in [0.4, 0.5) is 0 Å². The number of aliphatic hydroxyl groups is 2. The SMILES string of the molecule is Cc1cc(C)c(OC(=O)C(=O)c2c(C)cc(C)cc2C)c(C)c1.NC(CO)C(O)c1ccccc1. The zero-order valence-corrected chi connectivity index (χ0v) is 21.3. The van der Waals surface area contributed by atoms with E-state index in [0.29, 0.717) is 11.3 Å². The Hall–Kier alpha value is -3.32. The van der Waals surface area contributed by atoms with Crippen molar-refractivity contribution < 1.29 is 24.5 Å². The van der Waals surface area contributed by atoms with Gasteiger partial charge in [0.15, 0.2) is 0 Å². The van der Waals surface area contributed by atoms with Gasteiger partial charge in [-0.25, -0.2) is 4.79 Å². The fourth-order valence-corrected chi connectivity index (χ4v) is 4.10. The molecular weight excluding hydrogens is 442 g/mol. The van der Waals surface area contributed by atoms with Gasteiger partial charge < -0.3 is 20.7 Å². The number of ether oxygens (including phenoxy) is 1. The minimum absolute atomic E-state index is 0.212. The highest BCUT2D eigenvalue weighted by atomic mass is 16.5. The Morgan fingerprint density at radius 2 is 1.29 bits per heavy atom. The van der Waals surface area contributed by atoms with E-state index in [4.69, 9.17) is 15.6 Å². The molecule has 0 bridgehead atoms. The van der Waals surface area contributed by atoms with Crippen LogP contribution in [-0.4, -0.2) is 34.6 Å². The quantitative estimate of drug-likeness (QED) is 0.211. The minimum atomic E-state index is -0.838. The van der Waals surface area contributed by atoms with Crippen LogP contribution in [0.1, 0.15) is 55.4 Å². The second-order valence-electron chi connectivity index (χ2n) is 8.92. The average Bonchev–Trinajstić information content (AvgIpc) is 2.80. The van der Waals surface area contributed by atoms with Crippen molar-refractivity contribution >= 4 is 11.8 Å². The lowest BCUT2D eigenvalue weighted by atomic mass is 9.96. The molecule has 0 aliphatic rings. The number of carbonyl (C=O) groups excluding carboxylic acids is 2. The van der Waals surface area contributed by atoms with E-state index in [2.05, 4.69) is 0 Å². The molecule has 2 atom stereocenters. The summed E-state index contributed by atoms with van der Waals surface area (Å²) < 4.78 is 5.40. The summed E-state index contributed by atoms with van der Waals surface area (Å²) in [6.07, 6.45) is -0.781. The number of rotatable bonds is 6. The van der Waals surface area contributed by atoms with Crippen molar-refractivity contribution in [2.75, 3.05) is 6.61 Å². The van der Waals surface area contributed by atoms with Crippen molar-refractivity contribution in [2.24, 2.45) is 5.73 Å². The van der Waals surface area contributed by atoms with E-state index in [1.54, 1.807) is 12.1 Å².